The quantitative estimate of drug-likeness (QED) is 0.861. The first-order valence-corrected chi connectivity index (χ1v) is 6.03. The summed E-state index contributed by atoms with van der Waals surface area (Å²) in [4.78, 5) is 8.10. The van der Waals surface area contributed by atoms with Gasteiger partial charge >= 0.3 is 0 Å². The van der Waals surface area contributed by atoms with Crippen LogP contribution in [0.25, 0.3) is 0 Å². The molecule has 2 rings (SSSR count). The van der Waals surface area contributed by atoms with Crippen LogP contribution >= 0.6 is 15.9 Å². The lowest BCUT2D eigenvalue weighted by molar-refractivity contribution is 0.332. The third-order valence-electron chi connectivity index (χ3n) is 2.03. The molecule has 1 aromatic carbocycles. The molecule has 0 saturated heterocycles. The summed E-state index contributed by atoms with van der Waals surface area (Å²) in [5, 5.41) is 3.07. The highest BCUT2D eigenvalue weighted by atomic mass is 79.9. The number of benzene rings is 1. The molecule has 4 nitrogen and oxygen atoms in total. The minimum Gasteiger partial charge on any atom is -0.492 e. The van der Waals surface area contributed by atoms with E-state index in [-0.39, 0.29) is 0 Å². The average Bonchev–Trinajstić information content (AvgIpc) is 2.38. The van der Waals surface area contributed by atoms with Gasteiger partial charge in [0, 0.05) is 16.9 Å². The van der Waals surface area contributed by atoms with Crippen LogP contribution in [0, 0.1) is 0 Å². The molecule has 1 heterocycles. The van der Waals surface area contributed by atoms with Gasteiger partial charge in [0.2, 0.25) is 5.95 Å². The lowest BCUT2D eigenvalue weighted by Crippen LogP contribution is -2.13. The van der Waals surface area contributed by atoms with Crippen molar-refractivity contribution >= 4 is 21.9 Å². The van der Waals surface area contributed by atoms with Crippen LogP contribution in [-0.4, -0.2) is 23.1 Å². The van der Waals surface area contributed by atoms with E-state index in [0.717, 1.165) is 10.2 Å². The molecule has 0 saturated carbocycles. The van der Waals surface area contributed by atoms with Gasteiger partial charge in [-0.3, -0.25) is 0 Å². The number of aromatic nitrogens is 2. The largest absolute Gasteiger partial charge is 0.492 e. The standard InChI is InChI=1S/C12H12BrN3O/c13-10-2-4-11(5-3-10)17-9-8-16-12-14-6-1-7-15-12/h1-7H,8-9H2,(H,14,15,16). The molecule has 1 aromatic heterocycles. The van der Waals surface area contributed by atoms with E-state index in [4.69, 9.17) is 4.74 Å². The predicted molar refractivity (Wildman–Crippen MR) is 70.2 cm³/mol. The Bertz CT molecular complexity index is 447. The Morgan fingerprint density at radius 2 is 1.82 bits per heavy atom. The second kappa shape index (κ2) is 6.20. The van der Waals surface area contributed by atoms with Gasteiger partial charge < -0.3 is 10.1 Å². The monoisotopic (exact) mass is 293 g/mol. The lowest BCUT2D eigenvalue weighted by Gasteiger charge is -2.07. The number of hydrogen-bond donors (Lipinski definition) is 1. The SMILES string of the molecule is Brc1ccc(OCCNc2ncccn2)cc1. The summed E-state index contributed by atoms with van der Waals surface area (Å²) in [7, 11) is 0. The van der Waals surface area contributed by atoms with Crippen molar-refractivity contribution < 1.29 is 4.74 Å². The summed E-state index contributed by atoms with van der Waals surface area (Å²) in [5.41, 5.74) is 0. The number of nitrogens with zero attached hydrogens (tertiary/aromatic N) is 2. The Labute approximate surface area is 108 Å². The predicted octanol–water partition coefficient (Wildman–Crippen LogP) is 2.73. The lowest BCUT2D eigenvalue weighted by atomic mass is 10.3. The van der Waals surface area contributed by atoms with Gasteiger partial charge in [0.15, 0.2) is 0 Å². The Morgan fingerprint density at radius 1 is 1.12 bits per heavy atom. The molecule has 0 atom stereocenters. The fraction of sp³-hybridized carbons (Fsp3) is 0.167. The summed E-state index contributed by atoms with van der Waals surface area (Å²) in [6.45, 7) is 1.24. The fourth-order valence-electron chi connectivity index (χ4n) is 1.25. The van der Waals surface area contributed by atoms with Gasteiger partial charge in [-0.1, -0.05) is 15.9 Å². The molecule has 0 radical (unpaired) electrons. The number of hydrogen-bond acceptors (Lipinski definition) is 4. The van der Waals surface area contributed by atoms with Gasteiger partial charge in [0.05, 0.1) is 6.54 Å². The zero-order chi connectivity index (χ0) is 11.9. The van der Waals surface area contributed by atoms with Crippen molar-refractivity contribution in [2.75, 3.05) is 18.5 Å². The number of ether oxygens (including phenoxy) is 1. The van der Waals surface area contributed by atoms with Crippen LogP contribution in [0.3, 0.4) is 0 Å². The summed E-state index contributed by atoms with van der Waals surface area (Å²) < 4.78 is 6.59. The van der Waals surface area contributed by atoms with Crippen LogP contribution in [0.1, 0.15) is 0 Å². The number of halogens is 1. The highest BCUT2D eigenvalue weighted by Crippen LogP contribution is 2.15. The van der Waals surface area contributed by atoms with E-state index in [2.05, 4.69) is 31.2 Å². The van der Waals surface area contributed by atoms with Gasteiger partial charge in [-0.05, 0) is 30.3 Å². The molecule has 0 aliphatic rings. The molecule has 1 N–H and O–H groups in total. The molecule has 0 unspecified atom stereocenters. The Kier molecular flexibility index (Phi) is 4.32. The Morgan fingerprint density at radius 3 is 2.53 bits per heavy atom. The van der Waals surface area contributed by atoms with Crippen LogP contribution in [0.2, 0.25) is 0 Å². The molecule has 0 fully saturated rings. The van der Waals surface area contributed by atoms with Gasteiger partial charge in [-0.15, -0.1) is 0 Å². The van der Waals surface area contributed by atoms with Crippen LogP contribution in [-0.2, 0) is 0 Å². The highest BCUT2D eigenvalue weighted by Gasteiger charge is 1.95. The van der Waals surface area contributed by atoms with Crippen LogP contribution in [0.4, 0.5) is 5.95 Å². The molecule has 88 valence electrons. The third kappa shape index (κ3) is 4.03. The van der Waals surface area contributed by atoms with E-state index in [1.54, 1.807) is 18.5 Å². The smallest absolute Gasteiger partial charge is 0.222 e. The fourth-order valence-corrected chi connectivity index (χ4v) is 1.52. The maximum atomic E-state index is 5.54. The maximum absolute atomic E-state index is 5.54. The van der Waals surface area contributed by atoms with Crippen molar-refractivity contribution in [3.63, 3.8) is 0 Å². The van der Waals surface area contributed by atoms with Crippen molar-refractivity contribution in [1.29, 1.82) is 0 Å². The zero-order valence-electron chi connectivity index (χ0n) is 9.14. The first kappa shape index (κ1) is 11.9. The van der Waals surface area contributed by atoms with Crippen LogP contribution in [0.5, 0.6) is 5.75 Å². The second-order valence-corrected chi connectivity index (χ2v) is 4.22. The molecule has 17 heavy (non-hydrogen) atoms. The van der Waals surface area contributed by atoms with Crippen LogP contribution in [0.15, 0.2) is 47.2 Å². The highest BCUT2D eigenvalue weighted by molar-refractivity contribution is 9.10. The van der Waals surface area contributed by atoms with E-state index in [1.165, 1.54) is 0 Å². The molecular weight excluding hydrogens is 282 g/mol. The Balaban J connectivity index is 1.71. The first-order valence-electron chi connectivity index (χ1n) is 5.24. The number of anilines is 1. The van der Waals surface area contributed by atoms with E-state index in [9.17, 15) is 0 Å². The zero-order valence-corrected chi connectivity index (χ0v) is 10.7. The van der Waals surface area contributed by atoms with Crippen molar-refractivity contribution in [2.24, 2.45) is 0 Å². The molecule has 0 aliphatic heterocycles. The second-order valence-electron chi connectivity index (χ2n) is 3.30. The minimum atomic E-state index is 0.569. The molecule has 2 aromatic rings. The molecule has 0 bridgehead atoms. The average molecular weight is 294 g/mol. The third-order valence-corrected chi connectivity index (χ3v) is 2.56. The topological polar surface area (TPSA) is 47.0 Å². The van der Waals surface area contributed by atoms with Crippen LogP contribution < -0.4 is 10.1 Å². The van der Waals surface area contributed by atoms with E-state index >= 15 is 0 Å². The summed E-state index contributed by atoms with van der Waals surface area (Å²) >= 11 is 3.37. The summed E-state index contributed by atoms with van der Waals surface area (Å²) in [6.07, 6.45) is 3.40. The van der Waals surface area contributed by atoms with E-state index in [0.29, 0.717) is 19.1 Å². The molecular formula is C12H12BrN3O. The van der Waals surface area contributed by atoms with Crippen molar-refractivity contribution in [1.82, 2.24) is 9.97 Å². The summed E-state index contributed by atoms with van der Waals surface area (Å²) in [6, 6.07) is 9.52. The van der Waals surface area contributed by atoms with E-state index < -0.39 is 0 Å². The van der Waals surface area contributed by atoms with Gasteiger partial charge in [-0.2, -0.15) is 0 Å². The van der Waals surface area contributed by atoms with E-state index in [1.807, 2.05) is 24.3 Å². The number of nitrogens with one attached hydrogen (secondary N) is 1. The van der Waals surface area contributed by atoms with Crippen molar-refractivity contribution in [2.45, 2.75) is 0 Å². The first-order chi connectivity index (χ1) is 8.34. The minimum absolute atomic E-state index is 0.569. The van der Waals surface area contributed by atoms with Gasteiger partial charge in [0.25, 0.3) is 0 Å². The normalized spacial score (nSPS) is 9.94. The Hall–Kier alpha value is -1.62. The van der Waals surface area contributed by atoms with Gasteiger partial charge in [0.1, 0.15) is 12.4 Å². The molecule has 0 spiro atoms. The maximum Gasteiger partial charge on any atom is 0.222 e. The number of rotatable bonds is 5. The van der Waals surface area contributed by atoms with Crippen molar-refractivity contribution in [3.8, 4) is 5.75 Å². The molecule has 0 amide bonds. The van der Waals surface area contributed by atoms with Crippen molar-refractivity contribution in [3.05, 3.63) is 47.2 Å². The molecule has 0 aliphatic carbocycles. The molecule has 5 heteroatoms. The summed E-state index contributed by atoms with van der Waals surface area (Å²) in [5.74, 6) is 1.47. The van der Waals surface area contributed by atoms with Gasteiger partial charge in [-0.25, -0.2) is 9.97 Å².